The van der Waals surface area contributed by atoms with Crippen molar-refractivity contribution in [3.8, 4) is 0 Å². The second-order valence-electron chi connectivity index (χ2n) is 2.59. The molecule has 74 valence electrons. The van der Waals surface area contributed by atoms with Crippen molar-refractivity contribution in [2.24, 2.45) is 0 Å². The summed E-state index contributed by atoms with van der Waals surface area (Å²) < 4.78 is 60.9. The van der Waals surface area contributed by atoms with Gasteiger partial charge in [-0.05, 0) is 6.42 Å². The third-order valence-corrected chi connectivity index (χ3v) is 1.48. The van der Waals surface area contributed by atoms with Crippen molar-refractivity contribution in [1.29, 1.82) is 0 Å². The first-order chi connectivity index (χ1) is 5.44. The van der Waals surface area contributed by atoms with E-state index in [4.69, 9.17) is 0 Å². The van der Waals surface area contributed by atoms with E-state index in [0.29, 0.717) is 0 Å². The molecule has 0 N–H and O–H groups in total. The van der Waals surface area contributed by atoms with Crippen LogP contribution in [0.2, 0.25) is 0 Å². The molecule has 0 aliphatic heterocycles. The van der Waals surface area contributed by atoms with Gasteiger partial charge in [-0.25, -0.2) is 22.0 Å². The molecule has 2 atom stereocenters. The first-order valence-corrected chi connectivity index (χ1v) is 3.66. The molecule has 0 saturated heterocycles. The molecule has 0 bridgehead atoms. The van der Waals surface area contributed by atoms with Crippen LogP contribution in [-0.2, 0) is 0 Å². The van der Waals surface area contributed by atoms with Gasteiger partial charge < -0.3 is 0 Å². The third kappa shape index (κ3) is 3.36. The van der Waals surface area contributed by atoms with Gasteiger partial charge in [-0.2, -0.15) is 0 Å². The Morgan fingerprint density at radius 2 is 1.75 bits per heavy atom. The predicted molar refractivity (Wildman–Crippen MR) is 35.6 cm³/mol. The molecular formula is C7H11F5. The van der Waals surface area contributed by atoms with Gasteiger partial charge in [0, 0.05) is 6.42 Å². The molecule has 0 fully saturated rings. The number of alkyl halides is 5. The van der Waals surface area contributed by atoms with Crippen molar-refractivity contribution in [1.82, 2.24) is 0 Å². The summed E-state index contributed by atoms with van der Waals surface area (Å²) in [4.78, 5) is 0. The van der Waals surface area contributed by atoms with Crippen LogP contribution < -0.4 is 0 Å². The van der Waals surface area contributed by atoms with E-state index in [0.717, 1.165) is 0 Å². The number of hydrogen-bond acceptors (Lipinski definition) is 0. The van der Waals surface area contributed by atoms with Crippen molar-refractivity contribution in [3.05, 3.63) is 0 Å². The van der Waals surface area contributed by atoms with Crippen LogP contribution in [0.1, 0.15) is 19.8 Å². The quantitative estimate of drug-likeness (QED) is 0.584. The average molecular weight is 190 g/mol. The summed E-state index contributed by atoms with van der Waals surface area (Å²) in [6, 6.07) is 0. The lowest BCUT2D eigenvalue weighted by Gasteiger charge is -2.20. The highest BCUT2D eigenvalue weighted by molar-refractivity contribution is 4.78. The maximum atomic E-state index is 12.5. The Labute approximate surface area is 67.8 Å². The highest BCUT2D eigenvalue weighted by Gasteiger charge is 2.41. The molecule has 0 aromatic carbocycles. The minimum atomic E-state index is -3.75. The van der Waals surface area contributed by atoms with E-state index in [1.165, 1.54) is 6.92 Å². The Bertz CT molecular complexity index is 125. The molecule has 12 heavy (non-hydrogen) atoms. The minimum Gasteiger partial charge on any atom is -0.248 e. The first kappa shape index (κ1) is 11.6. The Kier molecular flexibility index (Phi) is 4.49. The van der Waals surface area contributed by atoms with E-state index in [1.807, 2.05) is 0 Å². The Morgan fingerprint density at radius 3 is 2.08 bits per heavy atom. The molecule has 0 aromatic rings. The van der Waals surface area contributed by atoms with Gasteiger partial charge in [0.05, 0.1) is 0 Å². The van der Waals surface area contributed by atoms with Gasteiger partial charge in [0.2, 0.25) is 0 Å². The van der Waals surface area contributed by atoms with E-state index in [-0.39, 0.29) is 0 Å². The maximum absolute atomic E-state index is 12.5. The molecule has 0 amide bonds. The van der Waals surface area contributed by atoms with Gasteiger partial charge in [-0.1, -0.05) is 6.92 Å². The normalized spacial score (nSPS) is 17.5. The van der Waals surface area contributed by atoms with Gasteiger partial charge in [0.1, 0.15) is 12.8 Å². The Balaban J connectivity index is 4.02. The second kappa shape index (κ2) is 4.62. The number of rotatable bonds is 5. The topological polar surface area (TPSA) is 0 Å². The summed E-state index contributed by atoms with van der Waals surface area (Å²) in [5.41, 5.74) is 0. The van der Waals surface area contributed by atoms with Gasteiger partial charge in [0.15, 0.2) is 6.17 Å². The van der Waals surface area contributed by atoms with E-state index in [9.17, 15) is 22.0 Å². The smallest absolute Gasteiger partial charge is 0.248 e. The van der Waals surface area contributed by atoms with E-state index < -0.39 is 37.8 Å². The minimum absolute atomic E-state index is 0.397. The van der Waals surface area contributed by atoms with Crippen LogP contribution in [0.5, 0.6) is 0 Å². The van der Waals surface area contributed by atoms with Crippen molar-refractivity contribution in [2.75, 3.05) is 6.67 Å². The molecule has 0 saturated carbocycles. The number of hydrogen-bond donors (Lipinski definition) is 0. The summed E-state index contributed by atoms with van der Waals surface area (Å²) in [6.07, 6.45) is -6.43. The highest BCUT2D eigenvalue weighted by atomic mass is 19.3. The van der Waals surface area contributed by atoms with Gasteiger partial charge in [-0.3, -0.25) is 0 Å². The summed E-state index contributed by atoms with van der Waals surface area (Å²) in [5.74, 6) is -3.75. The molecule has 0 spiro atoms. The van der Waals surface area contributed by atoms with Crippen LogP contribution in [0, 0.1) is 0 Å². The van der Waals surface area contributed by atoms with E-state index in [1.54, 1.807) is 0 Å². The summed E-state index contributed by atoms with van der Waals surface area (Å²) in [6.45, 7) is -0.271. The van der Waals surface area contributed by atoms with Crippen LogP contribution in [0.25, 0.3) is 0 Å². The van der Waals surface area contributed by atoms with Crippen LogP contribution in [0.3, 0.4) is 0 Å². The lowest BCUT2D eigenvalue weighted by molar-refractivity contribution is -0.0943. The fourth-order valence-electron chi connectivity index (χ4n) is 0.776. The summed E-state index contributed by atoms with van der Waals surface area (Å²) in [7, 11) is 0. The molecule has 0 nitrogen and oxygen atoms in total. The van der Waals surface area contributed by atoms with Gasteiger partial charge in [-0.15, -0.1) is 0 Å². The summed E-state index contributed by atoms with van der Waals surface area (Å²) >= 11 is 0. The average Bonchev–Trinajstić information content (AvgIpc) is 2.02. The molecule has 5 heteroatoms. The molecule has 0 aromatic heterocycles. The zero-order valence-corrected chi connectivity index (χ0v) is 6.67. The van der Waals surface area contributed by atoms with E-state index in [2.05, 4.69) is 0 Å². The van der Waals surface area contributed by atoms with Crippen molar-refractivity contribution >= 4 is 0 Å². The molecule has 0 aliphatic carbocycles. The zero-order valence-electron chi connectivity index (χ0n) is 6.67. The number of halogens is 5. The zero-order chi connectivity index (χ0) is 9.78. The lowest BCUT2D eigenvalue weighted by atomic mass is 10.1. The molecule has 0 heterocycles. The first-order valence-electron chi connectivity index (χ1n) is 3.66. The largest absolute Gasteiger partial charge is 0.281 e. The SMILES string of the molecule is CC[C@H](F)C(F)(F)CC(F)CF. The second-order valence-corrected chi connectivity index (χ2v) is 2.59. The van der Waals surface area contributed by atoms with Crippen LogP contribution >= 0.6 is 0 Å². The lowest BCUT2D eigenvalue weighted by Crippen LogP contribution is -2.33. The van der Waals surface area contributed by atoms with Crippen LogP contribution in [-0.4, -0.2) is 24.9 Å². The molecule has 1 unspecified atom stereocenters. The standard InChI is InChI=1S/C7H11F5/c1-2-6(10)7(11,12)3-5(9)4-8/h5-6H,2-4H2,1H3/t5?,6-/m0/s1. The highest BCUT2D eigenvalue weighted by Crippen LogP contribution is 2.29. The van der Waals surface area contributed by atoms with Crippen LogP contribution in [0.15, 0.2) is 0 Å². The molecule has 0 aliphatic rings. The fourth-order valence-corrected chi connectivity index (χ4v) is 0.776. The fraction of sp³-hybridized carbons (Fsp3) is 1.00. The summed E-state index contributed by atoms with van der Waals surface area (Å²) in [5, 5.41) is 0. The van der Waals surface area contributed by atoms with Gasteiger partial charge >= 0.3 is 0 Å². The molecule has 0 radical (unpaired) electrons. The Hall–Kier alpha value is -0.350. The van der Waals surface area contributed by atoms with Crippen molar-refractivity contribution in [3.63, 3.8) is 0 Å². The predicted octanol–water partition coefficient (Wildman–Crippen LogP) is 3.07. The van der Waals surface area contributed by atoms with E-state index >= 15 is 0 Å². The monoisotopic (exact) mass is 190 g/mol. The third-order valence-electron chi connectivity index (χ3n) is 1.48. The maximum Gasteiger partial charge on any atom is 0.281 e. The van der Waals surface area contributed by atoms with Crippen molar-refractivity contribution in [2.45, 2.75) is 38.0 Å². The Morgan fingerprint density at radius 1 is 1.25 bits per heavy atom. The van der Waals surface area contributed by atoms with Gasteiger partial charge in [0.25, 0.3) is 5.92 Å². The van der Waals surface area contributed by atoms with Crippen molar-refractivity contribution < 1.29 is 22.0 Å². The van der Waals surface area contributed by atoms with Crippen LogP contribution in [0.4, 0.5) is 22.0 Å². The molecule has 0 rings (SSSR count). The molecular weight excluding hydrogens is 179 g/mol.